The van der Waals surface area contributed by atoms with Crippen LogP contribution in [0, 0.1) is 13.8 Å². The molecule has 0 bridgehead atoms. The molecule has 2 N–H and O–H groups in total. The van der Waals surface area contributed by atoms with Crippen molar-refractivity contribution in [3.8, 4) is 0 Å². The zero-order valence-corrected chi connectivity index (χ0v) is 16.1. The molecule has 0 aliphatic heterocycles. The van der Waals surface area contributed by atoms with E-state index in [9.17, 15) is 9.90 Å². The van der Waals surface area contributed by atoms with Crippen LogP contribution in [0.2, 0.25) is 0 Å². The summed E-state index contributed by atoms with van der Waals surface area (Å²) >= 11 is 1.54. The van der Waals surface area contributed by atoms with Gasteiger partial charge in [0.25, 0.3) is 5.56 Å². The zero-order valence-electron chi connectivity index (χ0n) is 15.3. The van der Waals surface area contributed by atoms with Gasteiger partial charge in [-0.2, -0.15) is 0 Å². The van der Waals surface area contributed by atoms with Gasteiger partial charge in [-0.1, -0.05) is 0 Å². The van der Waals surface area contributed by atoms with Crippen LogP contribution in [0.25, 0.3) is 10.2 Å². The van der Waals surface area contributed by atoms with E-state index in [1.54, 1.807) is 14.2 Å². The third kappa shape index (κ3) is 5.32. The standard InChI is InChI=1S/C17H27N3O4S/c1-11-12(2)25-17-15(11)16(22)18-14(19-17)9-20(6-5-7-23-3)8-13(21)10-24-4/h13,21H,5-10H2,1-4H3,(H,18,19,22)/t13-/m0/s1. The van der Waals surface area contributed by atoms with Crippen LogP contribution in [0.5, 0.6) is 0 Å². The van der Waals surface area contributed by atoms with Gasteiger partial charge in [-0.25, -0.2) is 4.98 Å². The minimum absolute atomic E-state index is 0.101. The first-order valence-corrected chi connectivity index (χ1v) is 9.15. The maximum absolute atomic E-state index is 12.4. The molecule has 140 valence electrons. The van der Waals surface area contributed by atoms with Crippen LogP contribution < -0.4 is 5.56 Å². The molecule has 0 aliphatic carbocycles. The van der Waals surface area contributed by atoms with Gasteiger partial charge in [-0.15, -0.1) is 11.3 Å². The molecule has 0 aromatic carbocycles. The molecule has 0 amide bonds. The van der Waals surface area contributed by atoms with E-state index in [1.165, 1.54) is 11.3 Å². The van der Waals surface area contributed by atoms with E-state index >= 15 is 0 Å². The van der Waals surface area contributed by atoms with Crippen LogP contribution in [0.15, 0.2) is 4.79 Å². The normalized spacial score (nSPS) is 13.0. The minimum atomic E-state index is -0.589. The van der Waals surface area contributed by atoms with Crippen molar-refractivity contribution in [2.45, 2.75) is 32.9 Å². The first-order valence-electron chi connectivity index (χ1n) is 8.33. The summed E-state index contributed by atoms with van der Waals surface area (Å²) in [5.74, 6) is 0.612. The van der Waals surface area contributed by atoms with Gasteiger partial charge >= 0.3 is 0 Å². The van der Waals surface area contributed by atoms with E-state index in [1.807, 2.05) is 13.8 Å². The van der Waals surface area contributed by atoms with Gasteiger partial charge in [-0.05, 0) is 25.8 Å². The molecule has 7 nitrogen and oxygen atoms in total. The monoisotopic (exact) mass is 369 g/mol. The highest BCUT2D eigenvalue weighted by Gasteiger charge is 2.16. The van der Waals surface area contributed by atoms with E-state index in [2.05, 4.69) is 14.9 Å². The van der Waals surface area contributed by atoms with E-state index < -0.39 is 6.10 Å². The number of nitrogens with zero attached hydrogens (tertiary/aromatic N) is 2. The number of aromatic nitrogens is 2. The fourth-order valence-electron chi connectivity index (χ4n) is 2.80. The number of aromatic amines is 1. The van der Waals surface area contributed by atoms with E-state index in [-0.39, 0.29) is 12.2 Å². The lowest BCUT2D eigenvalue weighted by Crippen LogP contribution is -2.36. The van der Waals surface area contributed by atoms with Crippen molar-refractivity contribution >= 4 is 21.6 Å². The fourth-order valence-corrected chi connectivity index (χ4v) is 3.85. The van der Waals surface area contributed by atoms with E-state index in [4.69, 9.17) is 9.47 Å². The number of methoxy groups -OCH3 is 2. The second kappa shape index (κ2) is 9.40. The lowest BCUT2D eigenvalue weighted by Gasteiger charge is -2.24. The van der Waals surface area contributed by atoms with Crippen molar-refractivity contribution in [2.75, 3.05) is 40.5 Å². The minimum Gasteiger partial charge on any atom is -0.389 e. The average Bonchev–Trinajstić information content (AvgIpc) is 2.82. The summed E-state index contributed by atoms with van der Waals surface area (Å²) in [5.41, 5.74) is 0.892. The summed E-state index contributed by atoms with van der Waals surface area (Å²) in [4.78, 5) is 23.8. The maximum atomic E-state index is 12.4. The summed E-state index contributed by atoms with van der Waals surface area (Å²) < 4.78 is 10.1. The number of aliphatic hydroxyl groups is 1. The lowest BCUT2D eigenvalue weighted by atomic mass is 10.2. The number of thiophene rings is 1. The van der Waals surface area contributed by atoms with Gasteiger partial charge in [0.1, 0.15) is 10.7 Å². The van der Waals surface area contributed by atoms with Crippen molar-refractivity contribution < 1.29 is 14.6 Å². The van der Waals surface area contributed by atoms with Gasteiger partial charge in [0.05, 0.1) is 24.6 Å². The molecule has 2 rings (SSSR count). The molecule has 0 saturated carbocycles. The number of H-pyrrole nitrogens is 1. The predicted molar refractivity (Wildman–Crippen MR) is 99.4 cm³/mol. The van der Waals surface area contributed by atoms with Gasteiger partial charge < -0.3 is 19.6 Å². The third-order valence-electron chi connectivity index (χ3n) is 4.11. The second-order valence-electron chi connectivity index (χ2n) is 6.17. The predicted octanol–water partition coefficient (Wildman–Crippen LogP) is 1.45. The molecule has 2 aromatic heterocycles. The number of aliphatic hydroxyl groups excluding tert-OH is 1. The zero-order chi connectivity index (χ0) is 18.4. The van der Waals surface area contributed by atoms with Crippen LogP contribution >= 0.6 is 11.3 Å². The maximum Gasteiger partial charge on any atom is 0.259 e. The first-order chi connectivity index (χ1) is 12.0. The van der Waals surface area contributed by atoms with Crippen LogP contribution in [0.4, 0.5) is 0 Å². The van der Waals surface area contributed by atoms with Gasteiger partial charge in [0, 0.05) is 38.8 Å². The molecule has 8 heteroatoms. The number of rotatable bonds is 10. The Kier molecular flexibility index (Phi) is 7.52. The molecule has 0 radical (unpaired) electrons. The number of ether oxygens (including phenoxy) is 2. The topological polar surface area (TPSA) is 87.7 Å². The highest BCUT2D eigenvalue weighted by molar-refractivity contribution is 7.18. The van der Waals surface area contributed by atoms with Gasteiger partial charge in [0.2, 0.25) is 0 Å². The summed E-state index contributed by atoms with van der Waals surface area (Å²) in [6, 6.07) is 0. The highest BCUT2D eigenvalue weighted by atomic mass is 32.1. The molecule has 2 heterocycles. The first kappa shape index (κ1) is 20.0. The summed E-state index contributed by atoms with van der Waals surface area (Å²) in [7, 11) is 3.23. The Morgan fingerprint density at radius 1 is 1.32 bits per heavy atom. The van der Waals surface area contributed by atoms with Crippen LogP contribution in [-0.2, 0) is 16.0 Å². The molecule has 0 saturated heterocycles. The highest BCUT2D eigenvalue weighted by Crippen LogP contribution is 2.25. The summed E-state index contributed by atoms with van der Waals surface area (Å²) in [5, 5.41) is 10.7. The van der Waals surface area contributed by atoms with Crippen molar-refractivity contribution in [2.24, 2.45) is 0 Å². The Labute approximate surface area is 151 Å². The van der Waals surface area contributed by atoms with Crippen molar-refractivity contribution in [3.05, 3.63) is 26.6 Å². The van der Waals surface area contributed by atoms with Gasteiger partial charge in [-0.3, -0.25) is 9.69 Å². The number of nitrogens with one attached hydrogen (secondary N) is 1. The molecular weight excluding hydrogens is 342 g/mol. The Balaban J connectivity index is 2.18. The van der Waals surface area contributed by atoms with Crippen LogP contribution in [0.3, 0.4) is 0 Å². The summed E-state index contributed by atoms with van der Waals surface area (Å²) in [6.45, 7) is 6.50. The van der Waals surface area contributed by atoms with Gasteiger partial charge in [0.15, 0.2) is 0 Å². The number of hydrogen-bond acceptors (Lipinski definition) is 7. The molecule has 0 fully saturated rings. The lowest BCUT2D eigenvalue weighted by molar-refractivity contribution is 0.0331. The molecule has 0 aliphatic rings. The largest absolute Gasteiger partial charge is 0.389 e. The molecule has 0 unspecified atom stereocenters. The summed E-state index contributed by atoms with van der Waals surface area (Å²) in [6.07, 6.45) is 0.245. The Morgan fingerprint density at radius 2 is 2.08 bits per heavy atom. The van der Waals surface area contributed by atoms with E-state index in [0.717, 1.165) is 28.2 Å². The van der Waals surface area contributed by atoms with Crippen molar-refractivity contribution in [1.29, 1.82) is 0 Å². The fraction of sp³-hybridized carbons (Fsp3) is 0.647. The number of fused-ring (bicyclic) bond motifs is 1. The number of hydrogen-bond donors (Lipinski definition) is 2. The van der Waals surface area contributed by atoms with Crippen molar-refractivity contribution in [1.82, 2.24) is 14.9 Å². The SMILES string of the molecule is COCCCN(Cc1nc2sc(C)c(C)c2c(=O)[nH]1)C[C@H](O)COC. The molecule has 1 atom stereocenters. The molecule has 2 aromatic rings. The second-order valence-corrected chi connectivity index (χ2v) is 7.37. The van der Waals surface area contributed by atoms with E-state index in [0.29, 0.717) is 30.9 Å². The average molecular weight is 369 g/mol. The van der Waals surface area contributed by atoms with Crippen molar-refractivity contribution in [3.63, 3.8) is 0 Å². The third-order valence-corrected chi connectivity index (χ3v) is 5.21. The van der Waals surface area contributed by atoms with Crippen LogP contribution in [0.1, 0.15) is 22.7 Å². The number of aryl methyl sites for hydroxylation is 2. The Bertz CT molecular complexity index is 743. The molecular formula is C17H27N3O4S. The van der Waals surface area contributed by atoms with Crippen LogP contribution in [-0.4, -0.2) is 66.6 Å². The quantitative estimate of drug-likeness (QED) is 0.616. The molecule has 0 spiro atoms. The smallest absolute Gasteiger partial charge is 0.259 e. The Morgan fingerprint density at radius 3 is 2.76 bits per heavy atom. The Hall–Kier alpha value is -1.32. The molecule has 25 heavy (non-hydrogen) atoms.